The molecule has 0 amide bonds. The van der Waals surface area contributed by atoms with Gasteiger partial charge >= 0.3 is 0 Å². The van der Waals surface area contributed by atoms with Gasteiger partial charge in [-0.3, -0.25) is 0 Å². The van der Waals surface area contributed by atoms with Crippen LogP contribution in [0.2, 0.25) is 5.02 Å². The van der Waals surface area contributed by atoms with Crippen molar-refractivity contribution >= 4 is 11.6 Å². The highest BCUT2D eigenvalue weighted by Crippen LogP contribution is 2.17. The minimum Gasteiger partial charge on any atom is -0.317 e. The van der Waals surface area contributed by atoms with Gasteiger partial charge in [0, 0.05) is 6.04 Å². The van der Waals surface area contributed by atoms with Crippen molar-refractivity contribution in [3.8, 4) is 0 Å². The summed E-state index contributed by atoms with van der Waals surface area (Å²) in [7, 11) is 1.95. The van der Waals surface area contributed by atoms with Gasteiger partial charge in [0.2, 0.25) is 0 Å². The molecule has 0 aliphatic rings. The predicted octanol–water partition coefficient (Wildman–Crippen LogP) is 3.41. The maximum atomic E-state index is 13.1. The lowest BCUT2D eigenvalue weighted by molar-refractivity contribution is 0.508. The molecule has 0 saturated carbocycles. The van der Waals surface area contributed by atoms with E-state index < -0.39 is 0 Å². The van der Waals surface area contributed by atoms with Crippen molar-refractivity contribution in [2.75, 3.05) is 7.05 Å². The van der Waals surface area contributed by atoms with Crippen molar-refractivity contribution in [3.05, 3.63) is 34.6 Å². The molecule has 0 aliphatic carbocycles. The van der Waals surface area contributed by atoms with E-state index in [2.05, 4.69) is 12.2 Å². The Kier molecular flexibility index (Phi) is 5.06. The van der Waals surface area contributed by atoms with Crippen molar-refractivity contribution in [1.29, 1.82) is 0 Å². The lowest BCUT2D eigenvalue weighted by Crippen LogP contribution is -2.24. The molecule has 1 atom stereocenters. The molecule has 0 aliphatic heterocycles. The van der Waals surface area contributed by atoms with Crippen molar-refractivity contribution in [3.63, 3.8) is 0 Å². The number of benzene rings is 1. The molecule has 0 fully saturated rings. The van der Waals surface area contributed by atoms with Crippen LogP contribution in [-0.2, 0) is 6.42 Å². The first-order valence-electron chi connectivity index (χ1n) is 5.28. The minimum atomic E-state index is -0.327. The lowest BCUT2D eigenvalue weighted by Gasteiger charge is -2.13. The summed E-state index contributed by atoms with van der Waals surface area (Å²) in [6.07, 6.45) is 2.99. The summed E-state index contributed by atoms with van der Waals surface area (Å²) in [6, 6.07) is 5.52. The van der Waals surface area contributed by atoms with Crippen LogP contribution in [0.3, 0.4) is 0 Å². The average molecular weight is 230 g/mol. The van der Waals surface area contributed by atoms with E-state index in [0.29, 0.717) is 6.04 Å². The Hall–Kier alpha value is -0.600. The second-order valence-electron chi connectivity index (χ2n) is 3.68. The normalized spacial score (nSPS) is 12.8. The zero-order valence-corrected chi connectivity index (χ0v) is 9.94. The van der Waals surface area contributed by atoms with Gasteiger partial charge in [-0.05, 0) is 44.0 Å². The molecule has 0 spiro atoms. The minimum absolute atomic E-state index is 0.194. The molecular weight excluding hydrogens is 213 g/mol. The Morgan fingerprint density at radius 2 is 2.20 bits per heavy atom. The molecule has 1 rings (SSSR count). The first-order chi connectivity index (χ1) is 7.17. The van der Waals surface area contributed by atoms with Gasteiger partial charge < -0.3 is 5.32 Å². The van der Waals surface area contributed by atoms with Crippen LogP contribution >= 0.6 is 11.6 Å². The number of rotatable bonds is 5. The van der Waals surface area contributed by atoms with Crippen LogP contribution in [0, 0.1) is 5.82 Å². The fraction of sp³-hybridized carbons (Fsp3) is 0.500. The molecule has 1 unspecified atom stereocenters. The Balaban J connectivity index is 2.54. The molecule has 1 N–H and O–H groups in total. The number of hydrogen-bond donors (Lipinski definition) is 1. The monoisotopic (exact) mass is 229 g/mol. The molecule has 15 heavy (non-hydrogen) atoms. The summed E-state index contributed by atoms with van der Waals surface area (Å²) in [5.41, 5.74) is 1.01. The Morgan fingerprint density at radius 3 is 2.73 bits per heavy atom. The molecule has 0 heterocycles. The fourth-order valence-electron chi connectivity index (χ4n) is 1.59. The third-order valence-corrected chi connectivity index (χ3v) is 2.97. The molecule has 84 valence electrons. The first kappa shape index (κ1) is 12.5. The number of hydrogen-bond acceptors (Lipinski definition) is 1. The van der Waals surface area contributed by atoms with Gasteiger partial charge in [-0.2, -0.15) is 0 Å². The molecule has 1 aromatic rings. The van der Waals surface area contributed by atoms with Crippen molar-refractivity contribution in [2.45, 2.75) is 32.2 Å². The van der Waals surface area contributed by atoms with E-state index >= 15 is 0 Å². The van der Waals surface area contributed by atoms with Crippen LogP contribution in [0.4, 0.5) is 4.39 Å². The van der Waals surface area contributed by atoms with E-state index in [1.807, 2.05) is 13.1 Å². The molecule has 3 heteroatoms. The van der Waals surface area contributed by atoms with Crippen LogP contribution in [0.1, 0.15) is 25.3 Å². The summed E-state index contributed by atoms with van der Waals surface area (Å²) in [4.78, 5) is 0. The first-order valence-corrected chi connectivity index (χ1v) is 5.66. The van der Waals surface area contributed by atoms with Crippen molar-refractivity contribution < 1.29 is 4.39 Å². The molecule has 1 nitrogen and oxygen atoms in total. The van der Waals surface area contributed by atoms with Crippen molar-refractivity contribution in [1.82, 2.24) is 5.32 Å². The molecule has 0 bridgehead atoms. The Morgan fingerprint density at radius 1 is 1.47 bits per heavy atom. The van der Waals surface area contributed by atoms with Crippen LogP contribution in [0.5, 0.6) is 0 Å². The third-order valence-electron chi connectivity index (χ3n) is 2.67. The summed E-state index contributed by atoms with van der Waals surface area (Å²) >= 11 is 5.61. The molecule has 1 aromatic carbocycles. The molecule has 0 aromatic heterocycles. The van der Waals surface area contributed by atoms with Crippen LogP contribution < -0.4 is 5.32 Å². The van der Waals surface area contributed by atoms with E-state index in [-0.39, 0.29) is 10.8 Å². The quantitative estimate of drug-likeness (QED) is 0.816. The van der Waals surface area contributed by atoms with Crippen LogP contribution in [-0.4, -0.2) is 13.1 Å². The Labute approximate surface area is 95.6 Å². The largest absolute Gasteiger partial charge is 0.317 e. The van der Waals surface area contributed by atoms with Gasteiger partial charge in [-0.1, -0.05) is 24.6 Å². The third kappa shape index (κ3) is 3.80. The van der Waals surface area contributed by atoms with Crippen LogP contribution in [0.15, 0.2) is 18.2 Å². The van der Waals surface area contributed by atoms with Gasteiger partial charge in [0.15, 0.2) is 0 Å². The SMILES string of the molecule is CCC(CCc1ccc(Cl)c(F)c1)NC. The lowest BCUT2D eigenvalue weighted by atomic mass is 10.0. The number of halogens is 2. The molecular formula is C12H17ClFN. The Bertz CT molecular complexity index is 310. The molecule has 0 radical (unpaired) electrons. The second-order valence-corrected chi connectivity index (χ2v) is 4.09. The van der Waals surface area contributed by atoms with Gasteiger partial charge in [-0.25, -0.2) is 4.39 Å². The second kappa shape index (κ2) is 6.09. The smallest absolute Gasteiger partial charge is 0.142 e. The van der Waals surface area contributed by atoms with E-state index in [1.54, 1.807) is 6.07 Å². The van der Waals surface area contributed by atoms with Gasteiger partial charge in [0.05, 0.1) is 5.02 Å². The van der Waals surface area contributed by atoms with Crippen LogP contribution in [0.25, 0.3) is 0 Å². The maximum absolute atomic E-state index is 13.1. The summed E-state index contributed by atoms with van der Waals surface area (Å²) in [5, 5.41) is 3.42. The summed E-state index contributed by atoms with van der Waals surface area (Å²) < 4.78 is 13.1. The van der Waals surface area contributed by atoms with Gasteiger partial charge in [-0.15, -0.1) is 0 Å². The zero-order valence-electron chi connectivity index (χ0n) is 9.19. The van der Waals surface area contributed by atoms with Gasteiger partial charge in [0.1, 0.15) is 5.82 Å². The maximum Gasteiger partial charge on any atom is 0.142 e. The topological polar surface area (TPSA) is 12.0 Å². The van der Waals surface area contributed by atoms with Crippen molar-refractivity contribution in [2.24, 2.45) is 0 Å². The fourth-order valence-corrected chi connectivity index (χ4v) is 1.71. The summed E-state index contributed by atoms with van der Waals surface area (Å²) in [6.45, 7) is 2.14. The summed E-state index contributed by atoms with van der Waals surface area (Å²) in [5.74, 6) is -0.327. The zero-order chi connectivity index (χ0) is 11.3. The number of aryl methyl sites for hydroxylation is 1. The highest BCUT2D eigenvalue weighted by atomic mass is 35.5. The van der Waals surface area contributed by atoms with E-state index in [9.17, 15) is 4.39 Å². The highest BCUT2D eigenvalue weighted by molar-refractivity contribution is 6.30. The van der Waals surface area contributed by atoms with E-state index in [4.69, 9.17) is 11.6 Å². The van der Waals surface area contributed by atoms with E-state index in [1.165, 1.54) is 6.07 Å². The number of nitrogens with one attached hydrogen (secondary N) is 1. The standard InChI is InChI=1S/C12H17ClFN/c1-3-10(15-2)6-4-9-5-7-11(13)12(14)8-9/h5,7-8,10,15H,3-4,6H2,1-2H3. The highest BCUT2D eigenvalue weighted by Gasteiger charge is 2.05. The molecule has 0 saturated heterocycles. The average Bonchev–Trinajstić information content (AvgIpc) is 2.24. The predicted molar refractivity (Wildman–Crippen MR) is 62.9 cm³/mol. The van der Waals surface area contributed by atoms with Gasteiger partial charge in [0.25, 0.3) is 0 Å². The van der Waals surface area contributed by atoms with E-state index in [0.717, 1.165) is 24.8 Å².